The van der Waals surface area contributed by atoms with Gasteiger partial charge in [-0.2, -0.15) is 0 Å². The third-order valence-electron chi connectivity index (χ3n) is 4.30. The van der Waals surface area contributed by atoms with Gasteiger partial charge in [-0.25, -0.2) is 0 Å². The van der Waals surface area contributed by atoms with Crippen molar-refractivity contribution in [2.75, 3.05) is 32.7 Å². The number of nitrogens with zero attached hydrogens (tertiary/aromatic N) is 1. The van der Waals surface area contributed by atoms with Crippen LogP contribution in [0.5, 0.6) is 0 Å². The molecule has 1 amide bonds. The van der Waals surface area contributed by atoms with Gasteiger partial charge in [0, 0.05) is 25.7 Å². The number of hydrogen-bond donors (Lipinski definition) is 2. The fraction of sp³-hybridized carbons (Fsp3) is 0.938. The lowest BCUT2D eigenvalue weighted by atomic mass is 9.92. The van der Waals surface area contributed by atoms with Crippen molar-refractivity contribution in [1.82, 2.24) is 15.5 Å². The fourth-order valence-corrected chi connectivity index (χ4v) is 3.41. The summed E-state index contributed by atoms with van der Waals surface area (Å²) in [6.45, 7) is 11.6. The van der Waals surface area contributed by atoms with Crippen LogP contribution in [-0.4, -0.2) is 49.6 Å². The summed E-state index contributed by atoms with van der Waals surface area (Å²) in [5.74, 6) is 2.52. The van der Waals surface area contributed by atoms with Gasteiger partial charge in [0.15, 0.2) is 0 Å². The lowest BCUT2D eigenvalue weighted by Crippen LogP contribution is -2.48. The van der Waals surface area contributed by atoms with Gasteiger partial charge in [0.25, 0.3) is 0 Å². The molecule has 2 N–H and O–H groups in total. The number of likely N-dealkylation sites (tertiary alicyclic amines) is 1. The first-order valence-corrected chi connectivity index (χ1v) is 8.25. The average Bonchev–Trinajstić information content (AvgIpc) is 3.10. The minimum atomic E-state index is 0. The zero-order valence-electron chi connectivity index (χ0n) is 14.1. The second-order valence-electron chi connectivity index (χ2n) is 7.21. The molecule has 0 radical (unpaired) electrons. The predicted octanol–water partition coefficient (Wildman–Crippen LogP) is 2.31. The van der Waals surface area contributed by atoms with Gasteiger partial charge in [0.05, 0.1) is 6.54 Å². The van der Waals surface area contributed by atoms with Gasteiger partial charge in [-0.05, 0) is 50.5 Å². The largest absolute Gasteiger partial charge is 0.351 e. The SMILES string of the molecule is CC1CC(C)CN(CC(C)NC(=O)CNCC2CC2)C1.Cl.Cl. The quantitative estimate of drug-likeness (QED) is 0.738. The highest BCUT2D eigenvalue weighted by Gasteiger charge is 2.23. The van der Waals surface area contributed by atoms with E-state index in [1.54, 1.807) is 0 Å². The van der Waals surface area contributed by atoms with Gasteiger partial charge in [-0.3, -0.25) is 4.79 Å². The highest BCUT2D eigenvalue weighted by atomic mass is 35.5. The Morgan fingerprint density at radius 2 is 1.77 bits per heavy atom. The summed E-state index contributed by atoms with van der Waals surface area (Å²) in [5, 5.41) is 6.35. The van der Waals surface area contributed by atoms with Crippen LogP contribution in [0.3, 0.4) is 0 Å². The molecular weight excluding hydrogens is 321 g/mol. The molecule has 2 fully saturated rings. The standard InChI is InChI=1S/C16H31N3O.2ClH/c1-12-6-13(2)10-19(9-12)11-14(3)18-16(20)8-17-7-15-4-5-15;;/h12-15,17H,4-11H2,1-3H3,(H,18,20);2*1H. The lowest BCUT2D eigenvalue weighted by molar-refractivity contribution is -0.121. The first-order valence-electron chi connectivity index (χ1n) is 8.25. The first kappa shape index (κ1) is 22.0. The van der Waals surface area contributed by atoms with Crippen molar-refractivity contribution in [1.29, 1.82) is 0 Å². The molecule has 1 aliphatic heterocycles. The first-order chi connectivity index (χ1) is 9.52. The number of rotatable bonds is 7. The molecule has 0 aromatic rings. The van der Waals surface area contributed by atoms with Crippen molar-refractivity contribution in [2.24, 2.45) is 17.8 Å². The molecular formula is C16H33Cl2N3O. The number of amides is 1. The van der Waals surface area contributed by atoms with E-state index in [2.05, 4.69) is 36.3 Å². The molecule has 1 aliphatic carbocycles. The molecule has 2 aliphatic rings. The van der Waals surface area contributed by atoms with Crippen molar-refractivity contribution in [3.63, 3.8) is 0 Å². The van der Waals surface area contributed by atoms with Gasteiger partial charge in [0.1, 0.15) is 0 Å². The summed E-state index contributed by atoms with van der Waals surface area (Å²) in [5.41, 5.74) is 0. The molecule has 0 aromatic heterocycles. The van der Waals surface area contributed by atoms with Gasteiger partial charge in [-0.1, -0.05) is 13.8 Å². The van der Waals surface area contributed by atoms with E-state index in [0.717, 1.165) is 30.8 Å². The topological polar surface area (TPSA) is 44.4 Å². The summed E-state index contributed by atoms with van der Waals surface area (Å²) in [6.07, 6.45) is 4.00. The van der Waals surface area contributed by atoms with Crippen molar-refractivity contribution in [3.8, 4) is 0 Å². The molecule has 1 saturated heterocycles. The van der Waals surface area contributed by atoms with E-state index in [-0.39, 0.29) is 36.8 Å². The monoisotopic (exact) mass is 353 g/mol. The Kier molecular flexibility index (Phi) is 10.7. The summed E-state index contributed by atoms with van der Waals surface area (Å²) in [6, 6.07) is 0.239. The van der Waals surface area contributed by atoms with Crippen LogP contribution < -0.4 is 10.6 Å². The van der Waals surface area contributed by atoms with E-state index in [1.165, 1.54) is 32.4 Å². The van der Waals surface area contributed by atoms with Crippen LogP contribution in [0.4, 0.5) is 0 Å². The highest BCUT2D eigenvalue weighted by Crippen LogP contribution is 2.27. The Balaban J connectivity index is 0.00000220. The van der Waals surface area contributed by atoms with E-state index in [0.29, 0.717) is 6.54 Å². The molecule has 4 nitrogen and oxygen atoms in total. The number of halogens is 2. The maximum absolute atomic E-state index is 11.8. The fourth-order valence-electron chi connectivity index (χ4n) is 3.41. The lowest BCUT2D eigenvalue weighted by Gasteiger charge is -2.36. The van der Waals surface area contributed by atoms with E-state index >= 15 is 0 Å². The minimum Gasteiger partial charge on any atom is -0.351 e. The summed E-state index contributed by atoms with van der Waals surface area (Å²) < 4.78 is 0. The zero-order valence-corrected chi connectivity index (χ0v) is 15.8. The van der Waals surface area contributed by atoms with Crippen LogP contribution >= 0.6 is 24.8 Å². The summed E-state index contributed by atoms with van der Waals surface area (Å²) >= 11 is 0. The molecule has 0 spiro atoms. The maximum atomic E-state index is 11.8. The molecule has 22 heavy (non-hydrogen) atoms. The number of hydrogen-bond acceptors (Lipinski definition) is 3. The van der Waals surface area contributed by atoms with Gasteiger partial charge in [0.2, 0.25) is 5.91 Å². The van der Waals surface area contributed by atoms with E-state index in [4.69, 9.17) is 0 Å². The van der Waals surface area contributed by atoms with Crippen molar-refractivity contribution < 1.29 is 4.79 Å². The van der Waals surface area contributed by atoms with Gasteiger partial charge < -0.3 is 15.5 Å². The second-order valence-corrected chi connectivity index (χ2v) is 7.21. The summed E-state index contributed by atoms with van der Waals surface area (Å²) in [7, 11) is 0. The highest BCUT2D eigenvalue weighted by molar-refractivity contribution is 5.85. The normalized spacial score (nSPS) is 26.5. The Morgan fingerprint density at radius 3 is 2.32 bits per heavy atom. The molecule has 3 unspecified atom stereocenters. The van der Waals surface area contributed by atoms with E-state index in [1.807, 2.05) is 0 Å². The van der Waals surface area contributed by atoms with Crippen LogP contribution in [0.2, 0.25) is 0 Å². The molecule has 0 bridgehead atoms. The smallest absolute Gasteiger partial charge is 0.234 e. The van der Waals surface area contributed by atoms with E-state index in [9.17, 15) is 4.79 Å². The third kappa shape index (κ3) is 8.56. The Bertz CT molecular complexity index is 317. The number of piperidine rings is 1. The number of nitrogens with one attached hydrogen (secondary N) is 2. The average molecular weight is 354 g/mol. The third-order valence-corrected chi connectivity index (χ3v) is 4.30. The van der Waals surface area contributed by atoms with Crippen LogP contribution in [-0.2, 0) is 4.79 Å². The van der Waals surface area contributed by atoms with E-state index < -0.39 is 0 Å². The Labute approximate surface area is 148 Å². The Morgan fingerprint density at radius 1 is 1.18 bits per heavy atom. The van der Waals surface area contributed by atoms with Gasteiger partial charge in [-0.15, -0.1) is 24.8 Å². The molecule has 6 heteroatoms. The second kappa shape index (κ2) is 10.7. The van der Waals surface area contributed by atoms with Crippen LogP contribution in [0.1, 0.15) is 40.0 Å². The zero-order chi connectivity index (χ0) is 14.5. The molecule has 0 aromatic carbocycles. The predicted molar refractivity (Wildman–Crippen MR) is 97.1 cm³/mol. The Hall–Kier alpha value is -0.0300. The minimum absolute atomic E-state index is 0. The molecule has 3 atom stereocenters. The van der Waals surface area contributed by atoms with Crippen molar-refractivity contribution >= 4 is 30.7 Å². The molecule has 1 saturated carbocycles. The van der Waals surface area contributed by atoms with Crippen molar-refractivity contribution in [3.05, 3.63) is 0 Å². The maximum Gasteiger partial charge on any atom is 0.234 e. The van der Waals surface area contributed by atoms with Crippen LogP contribution in [0.25, 0.3) is 0 Å². The number of carbonyl (C=O) groups is 1. The van der Waals surface area contributed by atoms with Crippen LogP contribution in [0.15, 0.2) is 0 Å². The van der Waals surface area contributed by atoms with Crippen LogP contribution in [0, 0.1) is 17.8 Å². The molecule has 1 heterocycles. The molecule has 132 valence electrons. The molecule has 2 rings (SSSR count). The van der Waals surface area contributed by atoms with Crippen molar-refractivity contribution in [2.45, 2.75) is 46.1 Å². The number of carbonyl (C=O) groups excluding carboxylic acids is 1. The summed E-state index contributed by atoms with van der Waals surface area (Å²) in [4.78, 5) is 14.3. The van der Waals surface area contributed by atoms with Gasteiger partial charge >= 0.3 is 0 Å².